The van der Waals surface area contributed by atoms with Crippen molar-refractivity contribution in [2.75, 3.05) is 5.73 Å². The van der Waals surface area contributed by atoms with Crippen LogP contribution in [0.4, 0.5) is 5.69 Å². The topological polar surface area (TPSA) is 43.1 Å². The Balaban J connectivity index is 2.35. The highest BCUT2D eigenvalue weighted by Crippen LogP contribution is 2.29. The molecule has 0 aliphatic carbocycles. The predicted octanol–water partition coefficient (Wildman–Crippen LogP) is 3.45. The van der Waals surface area contributed by atoms with Gasteiger partial charge in [-0.15, -0.1) is 0 Å². The highest BCUT2D eigenvalue weighted by molar-refractivity contribution is 7.85. The van der Waals surface area contributed by atoms with Gasteiger partial charge in [-0.3, -0.25) is 4.21 Å². The number of hydrogen-bond donors (Lipinski definition) is 1. The lowest BCUT2D eigenvalue weighted by Crippen LogP contribution is -2.06. The fourth-order valence-electron chi connectivity index (χ4n) is 1.87. The highest BCUT2D eigenvalue weighted by atomic mass is 32.2. The largest absolute Gasteiger partial charge is 0.398 e. The van der Waals surface area contributed by atoms with Crippen molar-refractivity contribution < 1.29 is 4.21 Å². The summed E-state index contributed by atoms with van der Waals surface area (Å²) in [5.74, 6) is 0. The Hall–Kier alpha value is -1.61. The van der Waals surface area contributed by atoms with Gasteiger partial charge in [0.2, 0.25) is 0 Å². The smallest absolute Gasteiger partial charge is 0.0626 e. The summed E-state index contributed by atoms with van der Waals surface area (Å²) in [6.45, 7) is 3.90. The molecule has 0 spiro atoms. The van der Waals surface area contributed by atoms with Crippen molar-refractivity contribution in [2.45, 2.75) is 24.0 Å². The molecule has 2 atom stereocenters. The molecule has 0 fully saturated rings. The molecule has 2 unspecified atom stereocenters. The van der Waals surface area contributed by atoms with Crippen LogP contribution in [0.3, 0.4) is 0 Å². The average Bonchev–Trinajstić information content (AvgIpc) is 2.41. The summed E-state index contributed by atoms with van der Waals surface area (Å²) in [5.41, 5.74) is 8.68. The van der Waals surface area contributed by atoms with Crippen LogP contribution in [0.5, 0.6) is 0 Å². The van der Waals surface area contributed by atoms with Crippen molar-refractivity contribution in [2.24, 2.45) is 0 Å². The van der Waals surface area contributed by atoms with Gasteiger partial charge in [-0.25, -0.2) is 0 Å². The number of anilines is 1. The van der Waals surface area contributed by atoms with Gasteiger partial charge in [0.05, 0.1) is 26.6 Å². The third-order valence-corrected chi connectivity index (χ3v) is 4.79. The Labute approximate surface area is 110 Å². The number of nitrogen functional groups attached to an aromatic ring is 1. The first-order valence-electron chi connectivity index (χ1n) is 5.92. The fraction of sp³-hybridized carbons (Fsp3) is 0.200. The van der Waals surface area contributed by atoms with Crippen molar-refractivity contribution in [1.82, 2.24) is 0 Å². The number of hydrogen-bond acceptors (Lipinski definition) is 2. The van der Waals surface area contributed by atoms with Crippen molar-refractivity contribution >= 4 is 16.5 Å². The molecule has 0 heterocycles. The third kappa shape index (κ3) is 2.46. The molecule has 2 aromatic rings. The lowest BCUT2D eigenvalue weighted by atomic mass is 10.2. The fourth-order valence-corrected chi connectivity index (χ4v) is 3.24. The summed E-state index contributed by atoms with van der Waals surface area (Å²) < 4.78 is 12.5. The van der Waals surface area contributed by atoms with Crippen LogP contribution >= 0.6 is 0 Å². The molecule has 0 amide bonds. The van der Waals surface area contributed by atoms with Crippen LogP contribution < -0.4 is 5.73 Å². The first-order valence-corrected chi connectivity index (χ1v) is 7.13. The minimum Gasteiger partial charge on any atom is -0.398 e. The van der Waals surface area contributed by atoms with Crippen LogP contribution in [-0.4, -0.2) is 4.21 Å². The minimum atomic E-state index is -1.13. The standard InChI is InChI=1S/C15H17NOS/c1-11-7-6-10-14(15(11)16)18(17)12(2)13-8-4-3-5-9-13/h3-10,12H,16H2,1-2H3. The Morgan fingerprint density at radius 2 is 1.72 bits per heavy atom. The van der Waals surface area contributed by atoms with Crippen molar-refractivity contribution in [3.63, 3.8) is 0 Å². The molecule has 2 rings (SSSR count). The van der Waals surface area contributed by atoms with Gasteiger partial charge in [0, 0.05) is 0 Å². The summed E-state index contributed by atoms with van der Waals surface area (Å²) in [6.07, 6.45) is 0. The van der Waals surface area contributed by atoms with Crippen LogP contribution in [0.2, 0.25) is 0 Å². The molecule has 18 heavy (non-hydrogen) atoms. The molecular weight excluding hydrogens is 242 g/mol. The van der Waals surface area contributed by atoms with Crippen LogP contribution in [0.15, 0.2) is 53.4 Å². The van der Waals surface area contributed by atoms with Crippen molar-refractivity contribution in [1.29, 1.82) is 0 Å². The van der Waals surface area contributed by atoms with E-state index >= 15 is 0 Å². The van der Waals surface area contributed by atoms with E-state index in [0.717, 1.165) is 16.0 Å². The number of aryl methyl sites for hydroxylation is 1. The molecule has 2 nitrogen and oxygen atoms in total. The number of rotatable bonds is 3. The van der Waals surface area contributed by atoms with E-state index in [1.165, 1.54) is 0 Å². The van der Waals surface area contributed by atoms with Crippen LogP contribution in [0, 0.1) is 6.92 Å². The Morgan fingerprint density at radius 3 is 2.39 bits per heavy atom. The zero-order valence-corrected chi connectivity index (χ0v) is 11.4. The molecule has 0 aromatic heterocycles. The van der Waals surface area contributed by atoms with Gasteiger partial charge in [0.25, 0.3) is 0 Å². The van der Waals surface area contributed by atoms with Crippen molar-refractivity contribution in [3.8, 4) is 0 Å². The van der Waals surface area contributed by atoms with Crippen LogP contribution in [0.25, 0.3) is 0 Å². The van der Waals surface area contributed by atoms with E-state index < -0.39 is 10.8 Å². The zero-order chi connectivity index (χ0) is 13.1. The predicted molar refractivity (Wildman–Crippen MR) is 76.9 cm³/mol. The first-order chi connectivity index (χ1) is 8.61. The van der Waals surface area contributed by atoms with E-state index in [-0.39, 0.29) is 5.25 Å². The van der Waals surface area contributed by atoms with Crippen LogP contribution in [0.1, 0.15) is 23.3 Å². The van der Waals surface area contributed by atoms with E-state index in [2.05, 4.69) is 0 Å². The SMILES string of the molecule is Cc1cccc(S(=O)C(C)c2ccccc2)c1N. The molecule has 94 valence electrons. The maximum atomic E-state index is 12.5. The Morgan fingerprint density at radius 1 is 1.06 bits per heavy atom. The van der Waals surface area contributed by atoms with Gasteiger partial charge in [0.1, 0.15) is 0 Å². The lowest BCUT2D eigenvalue weighted by Gasteiger charge is -2.14. The van der Waals surface area contributed by atoms with E-state index in [0.29, 0.717) is 5.69 Å². The number of benzene rings is 2. The van der Waals surface area contributed by atoms with Crippen LogP contribution in [-0.2, 0) is 10.8 Å². The maximum absolute atomic E-state index is 12.5. The first kappa shape index (κ1) is 12.8. The van der Waals surface area contributed by atoms with Gasteiger partial charge in [0.15, 0.2) is 0 Å². The molecule has 2 aromatic carbocycles. The van der Waals surface area contributed by atoms with Gasteiger partial charge in [-0.05, 0) is 31.0 Å². The lowest BCUT2D eigenvalue weighted by molar-refractivity contribution is 0.676. The second-order valence-electron chi connectivity index (χ2n) is 4.34. The van der Waals surface area contributed by atoms with E-state index in [9.17, 15) is 4.21 Å². The van der Waals surface area contributed by atoms with Crippen molar-refractivity contribution in [3.05, 3.63) is 59.7 Å². The average molecular weight is 259 g/mol. The summed E-state index contributed by atoms with van der Waals surface area (Å²) in [6, 6.07) is 15.5. The Bertz CT molecular complexity index is 566. The zero-order valence-electron chi connectivity index (χ0n) is 10.6. The maximum Gasteiger partial charge on any atom is 0.0626 e. The second-order valence-corrected chi connectivity index (χ2v) is 6.08. The normalized spacial score (nSPS) is 14.1. The summed E-state index contributed by atoms with van der Waals surface area (Å²) in [4.78, 5) is 0.728. The molecule has 0 saturated heterocycles. The molecule has 2 N–H and O–H groups in total. The third-order valence-electron chi connectivity index (χ3n) is 3.09. The second kappa shape index (κ2) is 5.36. The molecule has 0 radical (unpaired) electrons. The molecule has 0 aliphatic heterocycles. The Kier molecular flexibility index (Phi) is 3.82. The van der Waals surface area contributed by atoms with Gasteiger partial charge in [-0.1, -0.05) is 42.5 Å². The van der Waals surface area contributed by atoms with Gasteiger partial charge >= 0.3 is 0 Å². The summed E-state index contributed by atoms with van der Waals surface area (Å²) >= 11 is 0. The minimum absolute atomic E-state index is 0.0599. The molecule has 3 heteroatoms. The molecule has 0 aliphatic rings. The van der Waals surface area contributed by atoms with E-state index in [4.69, 9.17) is 5.73 Å². The quantitative estimate of drug-likeness (QED) is 0.858. The monoisotopic (exact) mass is 259 g/mol. The molecule has 0 bridgehead atoms. The number of nitrogens with two attached hydrogens (primary N) is 1. The highest BCUT2D eigenvalue weighted by Gasteiger charge is 2.17. The summed E-state index contributed by atoms with van der Waals surface area (Å²) in [7, 11) is -1.13. The van der Waals surface area contributed by atoms with Gasteiger partial charge in [-0.2, -0.15) is 0 Å². The number of para-hydroxylation sites is 1. The van der Waals surface area contributed by atoms with E-state index in [1.54, 1.807) is 0 Å². The van der Waals surface area contributed by atoms with E-state index in [1.807, 2.05) is 62.4 Å². The van der Waals surface area contributed by atoms with Gasteiger partial charge < -0.3 is 5.73 Å². The molecule has 0 saturated carbocycles. The molecular formula is C15H17NOS. The summed E-state index contributed by atoms with van der Waals surface area (Å²) in [5, 5.41) is -0.0599.